The van der Waals surface area contributed by atoms with E-state index in [9.17, 15) is 14.9 Å². The van der Waals surface area contributed by atoms with Crippen LogP contribution in [-0.2, 0) is 4.74 Å². The van der Waals surface area contributed by atoms with Crippen molar-refractivity contribution in [2.45, 2.75) is 35.7 Å². The average Bonchev–Trinajstić information content (AvgIpc) is 3.55. The van der Waals surface area contributed by atoms with E-state index in [2.05, 4.69) is 32.8 Å². The number of non-ortho nitro benzene ring substituents is 1. The molecule has 0 radical (unpaired) electrons. The number of benzene rings is 3. The zero-order valence-electron chi connectivity index (χ0n) is 24.7. The molecule has 0 spiro atoms. The predicted molar refractivity (Wildman–Crippen MR) is 178 cm³/mol. The monoisotopic (exact) mass is 635 g/mol. The molecule has 1 N–H and O–H groups in total. The van der Waals surface area contributed by atoms with Crippen LogP contribution in [0, 0.1) is 24.0 Å². The third kappa shape index (κ3) is 5.79. The van der Waals surface area contributed by atoms with Crippen molar-refractivity contribution in [2.24, 2.45) is 0 Å². The first-order chi connectivity index (χ1) is 21.8. The summed E-state index contributed by atoms with van der Waals surface area (Å²) in [5, 5.41) is 15.1. The van der Waals surface area contributed by atoms with Crippen molar-refractivity contribution in [3.63, 3.8) is 0 Å². The van der Waals surface area contributed by atoms with Gasteiger partial charge in [-0.15, -0.1) is 0 Å². The third-order valence-electron chi connectivity index (χ3n) is 7.84. The Balaban J connectivity index is 1.40. The summed E-state index contributed by atoms with van der Waals surface area (Å²) in [6, 6.07) is 29.5. The van der Waals surface area contributed by atoms with Crippen molar-refractivity contribution in [3.8, 4) is 5.69 Å². The van der Waals surface area contributed by atoms with E-state index in [4.69, 9.17) is 17.0 Å². The second-order valence-corrected chi connectivity index (χ2v) is 12.0. The third-order valence-corrected chi connectivity index (χ3v) is 9.17. The molecular formula is C34H29N5O4S2. The van der Waals surface area contributed by atoms with Gasteiger partial charge in [0, 0.05) is 45.2 Å². The summed E-state index contributed by atoms with van der Waals surface area (Å²) in [5.74, 6) is -0.400. The molecule has 9 nitrogen and oxygen atoms in total. The van der Waals surface area contributed by atoms with E-state index in [1.54, 1.807) is 24.4 Å². The Bertz CT molecular complexity index is 1890. The van der Waals surface area contributed by atoms with Crippen LogP contribution in [0.2, 0.25) is 0 Å². The first-order valence-electron chi connectivity index (χ1n) is 14.2. The standard InChI is InChI=1S/C34H29N5O4S2/c1-21-20-28(22(2)37(21)30-10-5-4-8-27(30)33(40)43-3)32-31(29-9-6-7-19-35-29)36-34(44)38(32)23-11-15-25(16-12-23)45-26-17-13-24(14-18-26)39(41)42/h4-20,31-32H,1-3H3,(H,36,44)/t31-,32-/m1/s1. The highest BCUT2D eigenvalue weighted by Gasteiger charge is 2.42. The van der Waals surface area contributed by atoms with Crippen LogP contribution in [0.15, 0.2) is 113 Å². The lowest BCUT2D eigenvalue weighted by atomic mass is 9.96. The molecule has 226 valence electrons. The molecule has 0 unspecified atom stereocenters. The number of thiocarbonyl (C=S) groups is 1. The van der Waals surface area contributed by atoms with Gasteiger partial charge in [-0.25, -0.2) is 4.79 Å². The van der Waals surface area contributed by atoms with Crippen LogP contribution < -0.4 is 10.2 Å². The number of nitro benzene ring substituents is 1. The van der Waals surface area contributed by atoms with Crippen LogP contribution in [0.3, 0.4) is 0 Å². The molecule has 0 saturated carbocycles. The Labute approximate surface area is 270 Å². The van der Waals surface area contributed by atoms with Crippen LogP contribution in [0.5, 0.6) is 0 Å². The number of carbonyl (C=O) groups excluding carboxylic acids is 1. The second-order valence-electron chi connectivity index (χ2n) is 10.5. The predicted octanol–water partition coefficient (Wildman–Crippen LogP) is 7.51. The van der Waals surface area contributed by atoms with Crippen LogP contribution in [0.25, 0.3) is 5.69 Å². The number of aromatic nitrogens is 2. The zero-order chi connectivity index (χ0) is 31.7. The van der Waals surface area contributed by atoms with Gasteiger partial charge in [-0.1, -0.05) is 30.0 Å². The van der Waals surface area contributed by atoms with Crippen molar-refractivity contribution in [1.82, 2.24) is 14.9 Å². The van der Waals surface area contributed by atoms with Crippen LogP contribution in [0.1, 0.15) is 45.1 Å². The lowest BCUT2D eigenvalue weighted by Crippen LogP contribution is -2.29. The molecule has 1 fully saturated rings. The fourth-order valence-corrected chi connectivity index (χ4v) is 6.97. The Hall–Kier alpha value is -5.00. The molecule has 11 heteroatoms. The SMILES string of the molecule is COC(=O)c1ccccc1-n1c(C)cc([C@@H]2[C@@H](c3ccccn3)NC(=S)N2c2ccc(Sc3ccc([N+](=O)[O-])cc3)cc2)c1C. The molecule has 0 aliphatic carbocycles. The number of esters is 1. The zero-order valence-corrected chi connectivity index (χ0v) is 26.3. The quantitative estimate of drug-likeness (QED) is 0.0803. The maximum absolute atomic E-state index is 12.7. The van der Waals surface area contributed by atoms with Crippen molar-refractivity contribution >= 4 is 46.4 Å². The van der Waals surface area contributed by atoms with E-state index in [1.807, 2.05) is 67.6 Å². The molecule has 3 aromatic carbocycles. The van der Waals surface area contributed by atoms with E-state index >= 15 is 0 Å². The first-order valence-corrected chi connectivity index (χ1v) is 15.4. The van der Waals surface area contributed by atoms with Crippen LogP contribution in [0.4, 0.5) is 11.4 Å². The Kier molecular flexibility index (Phi) is 8.38. The van der Waals surface area contributed by atoms with Gasteiger partial charge in [0.05, 0.1) is 41.1 Å². The molecule has 2 atom stereocenters. The number of ether oxygens (including phenoxy) is 1. The van der Waals surface area contributed by atoms with Gasteiger partial charge >= 0.3 is 5.97 Å². The molecule has 0 bridgehead atoms. The fraction of sp³-hybridized carbons (Fsp3) is 0.147. The molecule has 2 aromatic heterocycles. The summed E-state index contributed by atoms with van der Waals surface area (Å²) >= 11 is 7.48. The smallest absolute Gasteiger partial charge is 0.339 e. The van der Waals surface area contributed by atoms with Gasteiger partial charge in [0.15, 0.2) is 5.11 Å². The number of rotatable bonds is 8. The van der Waals surface area contributed by atoms with Crippen molar-refractivity contribution in [3.05, 3.63) is 142 Å². The minimum Gasteiger partial charge on any atom is -0.465 e. The summed E-state index contributed by atoms with van der Waals surface area (Å²) in [5.41, 5.74) is 6.02. The maximum atomic E-state index is 12.7. The molecule has 5 aromatic rings. The Morgan fingerprint density at radius 2 is 1.64 bits per heavy atom. The van der Waals surface area contributed by atoms with E-state index in [0.717, 1.165) is 43.8 Å². The summed E-state index contributed by atoms with van der Waals surface area (Å²) in [6.07, 6.45) is 1.78. The fourth-order valence-electron chi connectivity index (χ4n) is 5.80. The molecule has 3 heterocycles. The number of anilines is 1. The second kappa shape index (κ2) is 12.5. The van der Waals surface area contributed by atoms with Gasteiger partial charge in [0.2, 0.25) is 0 Å². The van der Waals surface area contributed by atoms with Crippen LogP contribution in [-0.4, -0.2) is 32.7 Å². The number of pyridine rings is 1. The number of hydrogen-bond donors (Lipinski definition) is 1. The molecule has 1 aliphatic heterocycles. The summed E-state index contributed by atoms with van der Waals surface area (Å²) in [7, 11) is 1.39. The number of hydrogen-bond acceptors (Lipinski definition) is 7. The molecule has 45 heavy (non-hydrogen) atoms. The highest BCUT2D eigenvalue weighted by molar-refractivity contribution is 7.99. The number of aryl methyl sites for hydroxylation is 1. The van der Waals surface area contributed by atoms with E-state index in [-0.39, 0.29) is 17.8 Å². The van der Waals surface area contributed by atoms with Gasteiger partial charge in [-0.3, -0.25) is 15.1 Å². The summed E-state index contributed by atoms with van der Waals surface area (Å²) in [6.45, 7) is 4.07. The number of methoxy groups -OCH3 is 1. The normalized spacial score (nSPS) is 16.0. The van der Waals surface area contributed by atoms with E-state index < -0.39 is 10.9 Å². The van der Waals surface area contributed by atoms with E-state index in [1.165, 1.54) is 31.0 Å². The van der Waals surface area contributed by atoms with Crippen LogP contribution >= 0.6 is 24.0 Å². The number of nitrogens with one attached hydrogen (secondary N) is 1. The van der Waals surface area contributed by atoms with Gasteiger partial charge < -0.3 is 19.5 Å². The minimum absolute atomic E-state index is 0.0615. The lowest BCUT2D eigenvalue weighted by molar-refractivity contribution is -0.384. The summed E-state index contributed by atoms with van der Waals surface area (Å²) in [4.78, 5) is 32.0. The molecule has 1 saturated heterocycles. The van der Waals surface area contributed by atoms with Crippen molar-refractivity contribution in [2.75, 3.05) is 12.0 Å². The molecule has 1 aliphatic rings. The van der Waals surface area contributed by atoms with Crippen molar-refractivity contribution in [1.29, 1.82) is 0 Å². The Morgan fingerprint density at radius 1 is 0.978 bits per heavy atom. The van der Waals surface area contributed by atoms with E-state index in [0.29, 0.717) is 10.7 Å². The highest BCUT2D eigenvalue weighted by Crippen LogP contribution is 2.44. The largest absolute Gasteiger partial charge is 0.465 e. The van der Waals surface area contributed by atoms with Gasteiger partial charge in [0.1, 0.15) is 0 Å². The minimum atomic E-state index is -0.403. The molecular weight excluding hydrogens is 607 g/mol. The Morgan fingerprint density at radius 3 is 2.29 bits per heavy atom. The number of carbonyl (C=O) groups is 1. The van der Waals surface area contributed by atoms with Gasteiger partial charge in [-0.2, -0.15) is 0 Å². The number of nitrogens with zero attached hydrogens (tertiary/aromatic N) is 4. The maximum Gasteiger partial charge on any atom is 0.339 e. The highest BCUT2D eigenvalue weighted by atomic mass is 32.2. The lowest BCUT2D eigenvalue weighted by Gasteiger charge is -2.28. The first kappa shape index (κ1) is 30.0. The number of nitro groups is 1. The van der Waals surface area contributed by atoms with Crippen molar-refractivity contribution < 1.29 is 14.5 Å². The molecule has 0 amide bonds. The van der Waals surface area contributed by atoms with Gasteiger partial charge in [0.25, 0.3) is 5.69 Å². The van der Waals surface area contributed by atoms with Gasteiger partial charge in [-0.05, 0) is 98.4 Å². The summed E-state index contributed by atoms with van der Waals surface area (Å²) < 4.78 is 7.17. The number of para-hydroxylation sites is 1. The molecule has 6 rings (SSSR count). The topological polar surface area (TPSA) is 103 Å². The average molecular weight is 636 g/mol.